The van der Waals surface area contributed by atoms with Crippen molar-refractivity contribution >= 4 is 0 Å². The summed E-state index contributed by atoms with van der Waals surface area (Å²) in [5, 5.41) is 104. The summed E-state index contributed by atoms with van der Waals surface area (Å²) in [7, 11) is 0. The number of rotatable bonds is 20. The molecule has 0 amide bonds. The lowest BCUT2D eigenvalue weighted by molar-refractivity contribution is -0.366. The molecule has 17 heteroatoms. The van der Waals surface area contributed by atoms with Crippen LogP contribution in [0.3, 0.4) is 0 Å². The van der Waals surface area contributed by atoms with E-state index in [-0.39, 0.29) is 19.8 Å². The fraction of sp³-hybridized carbons (Fsp3) is 1.00. The van der Waals surface area contributed by atoms with E-state index in [2.05, 4.69) is 6.92 Å². The molecule has 0 aromatic heterocycles. The summed E-state index contributed by atoms with van der Waals surface area (Å²) < 4.78 is 39.7. The van der Waals surface area contributed by atoms with Crippen LogP contribution in [-0.2, 0) is 33.2 Å². The summed E-state index contributed by atoms with van der Waals surface area (Å²) in [6.07, 6.45) is -16.8. The first-order valence-electron chi connectivity index (χ1n) is 17.1. The van der Waals surface area contributed by atoms with Gasteiger partial charge < -0.3 is 84.2 Å². The van der Waals surface area contributed by atoms with Gasteiger partial charge in [-0.1, -0.05) is 39.0 Å². The summed E-state index contributed by atoms with van der Waals surface area (Å²) in [4.78, 5) is 0. The molecule has 3 aliphatic rings. The zero-order valence-corrected chi connectivity index (χ0v) is 27.8. The Bertz CT molecular complexity index is 869. The van der Waals surface area contributed by atoms with Crippen LogP contribution in [0.5, 0.6) is 0 Å². The van der Waals surface area contributed by atoms with E-state index in [0.717, 1.165) is 32.1 Å². The monoisotopic (exact) mass is 702 g/mol. The largest absolute Gasteiger partial charge is 0.394 e. The van der Waals surface area contributed by atoms with Crippen LogP contribution in [0.2, 0.25) is 0 Å². The van der Waals surface area contributed by atoms with E-state index in [4.69, 9.17) is 33.2 Å². The highest BCUT2D eigenvalue weighted by molar-refractivity contribution is 4.95. The van der Waals surface area contributed by atoms with Gasteiger partial charge in [-0.3, -0.25) is 0 Å². The minimum atomic E-state index is -1.79. The second-order valence-corrected chi connectivity index (χ2v) is 12.9. The normalized spacial score (nSPS) is 41.4. The van der Waals surface area contributed by atoms with Gasteiger partial charge in [0.1, 0.15) is 73.2 Å². The number of aliphatic hydroxyl groups is 10. The highest BCUT2D eigenvalue weighted by Crippen LogP contribution is 2.31. The van der Waals surface area contributed by atoms with E-state index in [9.17, 15) is 51.1 Å². The molecule has 3 aliphatic heterocycles. The summed E-state index contributed by atoms with van der Waals surface area (Å²) in [5.74, 6) is 0. The molecule has 0 spiro atoms. The Morgan fingerprint density at radius 2 is 1.12 bits per heavy atom. The van der Waals surface area contributed by atoms with Gasteiger partial charge in [-0.15, -0.1) is 0 Å². The molecular weight excluding hydrogens is 644 g/mol. The van der Waals surface area contributed by atoms with E-state index >= 15 is 0 Å². The van der Waals surface area contributed by atoms with Gasteiger partial charge in [-0.05, 0) is 26.2 Å². The fourth-order valence-electron chi connectivity index (χ4n) is 5.82. The van der Waals surface area contributed by atoms with Crippen LogP contribution in [0.4, 0.5) is 0 Å². The van der Waals surface area contributed by atoms with E-state index in [1.165, 1.54) is 0 Å². The molecule has 0 saturated carbocycles. The molecule has 0 aromatic carbocycles. The number of hydrogen-bond acceptors (Lipinski definition) is 17. The Balaban J connectivity index is 1.69. The average molecular weight is 703 g/mol. The average Bonchev–Trinajstić information content (AvgIpc) is 3.06. The molecule has 3 rings (SSSR count). The van der Waals surface area contributed by atoms with Gasteiger partial charge in [0.15, 0.2) is 18.9 Å². The first kappa shape index (κ1) is 41.7. The zero-order chi connectivity index (χ0) is 35.4. The molecule has 0 radical (unpaired) electrons. The van der Waals surface area contributed by atoms with Gasteiger partial charge in [-0.2, -0.15) is 0 Å². The Morgan fingerprint density at radius 3 is 1.79 bits per heavy atom. The van der Waals surface area contributed by atoms with Gasteiger partial charge in [0.25, 0.3) is 0 Å². The Labute approximate surface area is 280 Å². The zero-order valence-electron chi connectivity index (χ0n) is 27.8. The number of unbranched alkanes of at least 4 members (excludes halogenated alkanes) is 5. The molecule has 16 atom stereocenters. The molecule has 3 saturated heterocycles. The SMILES string of the molecule is CCCCCCCCO[C@@H]1O[C@H](CO[C@H]2O[C@H](CO)[C@@H](O)[C@H](O)[C@@H]2O)[C@@H](O)[C@H](O[C@H]2O[C@H](COCCCC(C)O)[C@@H](O)[C@H](O)[C@@H]2O)[C@@H]1O. The van der Waals surface area contributed by atoms with E-state index in [1.807, 2.05) is 0 Å². The molecule has 10 N–H and O–H groups in total. The molecule has 3 fully saturated rings. The highest BCUT2D eigenvalue weighted by Gasteiger charge is 2.52. The van der Waals surface area contributed by atoms with Crippen LogP contribution in [0.15, 0.2) is 0 Å². The van der Waals surface area contributed by atoms with Crippen molar-refractivity contribution < 1.29 is 84.2 Å². The summed E-state index contributed by atoms with van der Waals surface area (Å²) in [6.45, 7) is 2.80. The summed E-state index contributed by atoms with van der Waals surface area (Å²) in [5.41, 5.74) is 0. The Hall–Kier alpha value is -0.680. The molecule has 0 aromatic rings. The fourth-order valence-corrected chi connectivity index (χ4v) is 5.82. The number of ether oxygens (including phenoxy) is 7. The van der Waals surface area contributed by atoms with Gasteiger partial charge in [0.05, 0.1) is 25.9 Å². The number of aliphatic hydroxyl groups excluding tert-OH is 10. The van der Waals surface area contributed by atoms with Crippen LogP contribution in [0, 0.1) is 0 Å². The van der Waals surface area contributed by atoms with E-state index < -0.39 is 111 Å². The van der Waals surface area contributed by atoms with Crippen molar-refractivity contribution in [2.24, 2.45) is 0 Å². The molecule has 17 nitrogen and oxygen atoms in total. The number of hydrogen-bond donors (Lipinski definition) is 10. The van der Waals surface area contributed by atoms with Crippen molar-refractivity contribution in [2.45, 2.75) is 163 Å². The molecule has 3 heterocycles. The van der Waals surface area contributed by atoms with Crippen molar-refractivity contribution in [3.63, 3.8) is 0 Å². The van der Waals surface area contributed by atoms with Crippen LogP contribution in [0.1, 0.15) is 65.2 Å². The third-order valence-corrected chi connectivity index (χ3v) is 8.85. The molecule has 0 aliphatic carbocycles. The van der Waals surface area contributed by atoms with Crippen LogP contribution >= 0.6 is 0 Å². The Morgan fingerprint density at radius 1 is 0.562 bits per heavy atom. The minimum absolute atomic E-state index is 0.191. The molecule has 0 bridgehead atoms. The third kappa shape index (κ3) is 11.7. The van der Waals surface area contributed by atoms with Crippen molar-refractivity contribution in [3.05, 3.63) is 0 Å². The third-order valence-electron chi connectivity index (χ3n) is 8.85. The first-order valence-corrected chi connectivity index (χ1v) is 17.1. The van der Waals surface area contributed by atoms with Crippen molar-refractivity contribution in [1.82, 2.24) is 0 Å². The van der Waals surface area contributed by atoms with Crippen LogP contribution in [-0.4, -0.2) is 182 Å². The minimum Gasteiger partial charge on any atom is -0.394 e. The van der Waals surface area contributed by atoms with Gasteiger partial charge in [-0.25, -0.2) is 0 Å². The molecule has 284 valence electrons. The predicted octanol–water partition coefficient (Wildman–Crippen LogP) is -3.00. The van der Waals surface area contributed by atoms with Crippen LogP contribution < -0.4 is 0 Å². The van der Waals surface area contributed by atoms with Crippen molar-refractivity contribution in [2.75, 3.05) is 33.0 Å². The van der Waals surface area contributed by atoms with Crippen molar-refractivity contribution in [1.29, 1.82) is 0 Å². The lowest BCUT2D eigenvalue weighted by Crippen LogP contribution is -2.65. The highest BCUT2D eigenvalue weighted by atomic mass is 16.7. The van der Waals surface area contributed by atoms with E-state index in [0.29, 0.717) is 19.3 Å². The summed E-state index contributed by atoms with van der Waals surface area (Å²) in [6, 6.07) is 0. The van der Waals surface area contributed by atoms with E-state index in [1.54, 1.807) is 6.92 Å². The maximum Gasteiger partial charge on any atom is 0.187 e. The second kappa shape index (κ2) is 21.0. The molecule has 48 heavy (non-hydrogen) atoms. The second-order valence-electron chi connectivity index (χ2n) is 12.9. The lowest BCUT2D eigenvalue weighted by atomic mass is 9.96. The predicted molar refractivity (Wildman–Crippen MR) is 163 cm³/mol. The maximum atomic E-state index is 11.3. The first-order chi connectivity index (χ1) is 22.9. The van der Waals surface area contributed by atoms with Gasteiger partial charge >= 0.3 is 0 Å². The molecule has 1 unspecified atom stereocenters. The molecular formula is C31H58O17. The van der Waals surface area contributed by atoms with Crippen molar-refractivity contribution in [3.8, 4) is 0 Å². The standard InChI is InChI=1S/C31H58O17/c1-3-4-5-6-7-8-12-43-30-27(41)28(22(36)19(46-30)15-44-29-25(39)23(37)20(34)17(13-32)45-29)48-31-26(40)24(38)21(35)18(47-31)14-42-11-9-10-16(2)33/h16-41H,3-15H2,1-2H3/t16?,17-,18-,19-,20-,21-,22-,23+,24+,25+,26+,27+,28+,29+,30-,31-/m1/s1. The van der Waals surface area contributed by atoms with Crippen LogP contribution in [0.25, 0.3) is 0 Å². The quantitative estimate of drug-likeness (QED) is 0.0567. The topological polar surface area (TPSA) is 267 Å². The maximum absolute atomic E-state index is 11.3. The van der Waals surface area contributed by atoms with Gasteiger partial charge in [0, 0.05) is 13.2 Å². The Kier molecular flexibility index (Phi) is 18.3. The van der Waals surface area contributed by atoms with Gasteiger partial charge in [0.2, 0.25) is 0 Å². The lowest BCUT2D eigenvalue weighted by Gasteiger charge is -2.46. The summed E-state index contributed by atoms with van der Waals surface area (Å²) >= 11 is 0. The smallest absolute Gasteiger partial charge is 0.187 e.